The average molecular weight is 401 g/mol. The van der Waals surface area contributed by atoms with Gasteiger partial charge in [0.1, 0.15) is 5.75 Å². The highest BCUT2D eigenvalue weighted by atomic mass is 32.1. The van der Waals surface area contributed by atoms with Crippen molar-refractivity contribution in [2.75, 3.05) is 12.1 Å². The molecule has 0 bridgehead atoms. The number of benzene rings is 3. The largest absolute Gasteiger partial charge is 0.497 e. The van der Waals surface area contributed by atoms with E-state index in [0.717, 1.165) is 27.1 Å². The Hall–Kier alpha value is -3.51. The fraction of sp³-hybridized carbons (Fsp3) is 0.0870. The summed E-state index contributed by atoms with van der Waals surface area (Å²) >= 11 is 1.44. The second kappa shape index (κ2) is 8.24. The number of aryl methyl sites for hydroxylation is 1. The van der Waals surface area contributed by atoms with Gasteiger partial charge in [0.05, 0.1) is 23.5 Å². The summed E-state index contributed by atoms with van der Waals surface area (Å²) in [6.07, 6.45) is 1.65. The Labute approximate surface area is 172 Å². The average Bonchev–Trinajstić information content (AvgIpc) is 3.17. The van der Waals surface area contributed by atoms with Crippen molar-refractivity contribution in [3.8, 4) is 5.75 Å². The van der Waals surface area contributed by atoms with Crippen molar-refractivity contribution >= 4 is 38.8 Å². The number of rotatable bonds is 5. The number of aromatic nitrogens is 1. The summed E-state index contributed by atoms with van der Waals surface area (Å²) in [5, 5.41) is 6.37. The quantitative estimate of drug-likeness (QED) is 0.337. The van der Waals surface area contributed by atoms with Gasteiger partial charge in [-0.3, -0.25) is 4.79 Å². The molecule has 4 rings (SSSR count). The van der Waals surface area contributed by atoms with Gasteiger partial charge in [-0.15, -0.1) is 0 Å². The van der Waals surface area contributed by atoms with Crippen LogP contribution in [0.2, 0.25) is 0 Å². The number of hydrazone groups is 1. The molecule has 0 fully saturated rings. The van der Waals surface area contributed by atoms with Crippen LogP contribution in [-0.4, -0.2) is 24.2 Å². The fourth-order valence-electron chi connectivity index (χ4n) is 2.82. The lowest BCUT2D eigenvalue weighted by atomic mass is 10.2. The molecular weight excluding hydrogens is 382 g/mol. The molecule has 0 unspecified atom stereocenters. The number of amides is 1. The fourth-order valence-corrected chi connectivity index (χ4v) is 3.84. The van der Waals surface area contributed by atoms with Gasteiger partial charge in [-0.2, -0.15) is 10.1 Å². The maximum atomic E-state index is 13.2. The lowest BCUT2D eigenvalue weighted by Gasteiger charge is -2.13. The number of anilines is 1. The van der Waals surface area contributed by atoms with Crippen LogP contribution in [0.25, 0.3) is 10.2 Å². The Morgan fingerprint density at radius 3 is 2.55 bits per heavy atom. The van der Waals surface area contributed by atoms with E-state index in [0.29, 0.717) is 10.7 Å². The molecule has 144 valence electrons. The van der Waals surface area contributed by atoms with Gasteiger partial charge >= 0.3 is 0 Å². The van der Waals surface area contributed by atoms with Gasteiger partial charge < -0.3 is 4.74 Å². The van der Waals surface area contributed by atoms with Crippen LogP contribution in [0.1, 0.15) is 21.5 Å². The van der Waals surface area contributed by atoms with Gasteiger partial charge in [-0.05, 0) is 66.6 Å². The smallest absolute Gasteiger partial charge is 0.280 e. The first-order valence-electron chi connectivity index (χ1n) is 9.09. The van der Waals surface area contributed by atoms with E-state index in [1.165, 1.54) is 16.3 Å². The van der Waals surface area contributed by atoms with Crippen molar-refractivity contribution in [2.45, 2.75) is 6.92 Å². The van der Waals surface area contributed by atoms with Crippen LogP contribution >= 0.6 is 11.3 Å². The summed E-state index contributed by atoms with van der Waals surface area (Å²) in [5.41, 5.74) is 3.40. The van der Waals surface area contributed by atoms with Crippen molar-refractivity contribution in [1.29, 1.82) is 0 Å². The summed E-state index contributed by atoms with van der Waals surface area (Å²) in [6.45, 7) is 2.04. The minimum atomic E-state index is -0.230. The van der Waals surface area contributed by atoms with E-state index in [2.05, 4.69) is 16.2 Å². The molecule has 1 heterocycles. The molecule has 0 aliphatic heterocycles. The molecule has 3 aromatic carbocycles. The first-order valence-corrected chi connectivity index (χ1v) is 9.90. The van der Waals surface area contributed by atoms with Crippen LogP contribution in [-0.2, 0) is 0 Å². The summed E-state index contributed by atoms with van der Waals surface area (Å²) < 4.78 is 6.21. The Morgan fingerprint density at radius 2 is 1.83 bits per heavy atom. The first kappa shape index (κ1) is 18.8. The SMILES string of the molecule is COc1ccc(/C=N/N(C(=O)c2ccccc2)c2nc3ccc(C)cc3s2)cc1. The summed E-state index contributed by atoms with van der Waals surface area (Å²) in [4.78, 5) is 17.8. The van der Waals surface area contributed by atoms with E-state index in [9.17, 15) is 4.79 Å². The number of fused-ring (bicyclic) bond motifs is 1. The standard InChI is InChI=1S/C23H19N3O2S/c1-16-8-13-20-21(14-16)29-23(25-20)26(22(27)18-6-4-3-5-7-18)24-15-17-9-11-19(28-2)12-10-17/h3-15H,1-2H3/b24-15+. The van der Waals surface area contributed by atoms with E-state index in [4.69, 9.17) is 4.74 Å². The highest BCUT2D eigenvalue weighted by Crippen LogP contribution is 2.30. The zero-order valence-corrected chi connectivity index (χ0v) is 16.9. The third kappa shape index (κ3) is 4.17. The van der Waals surface area contributed by atoms with Gasteiger partial charge in [0, 0.05) is 5.56 Å². The highest BCUT2D eigenvalue weighted by molar-refractivity contribution is 7.22. The lowest BCUT2D eigenvalue weighted by molar-refractivity contribution is 0.0988. The third-order valence-electron chi connectivity index (χ3n) is 4.37. The monoisotopic (exact) mass is 401 g/mol. The molecule has 0 aliphatic carbocycles. The molecule has 5 nitrogen and oxygen atoms in total. The summed E-state index contributed by atoms with van der Waals surface area (Å²) in [6, 6.07) is 22.6. The zero-order valence-electron chi connectivity index (χ0n) is 16.1. The van der Waals surface area contributed by atoms with Gasteiger partial charge in [0.25, 0.3) is 5.91 Å². The molecule has 4 aromatic rings. The number of hydrogen-bond acceptors (Lipinski definition) is 5. The number of hydrogen-bond donors (Lipinski definition) is 0. The minimum Gasteiger partial charge on any atom is -0.497 e. The summed E-state index contributed by atoms with van der Waals surface area (Å²) in [7, 11) is 1.62. The molecular formula is C23H19N3O2S. The van der Waals surface area contributed by atoms with Gasteiger partial charge in [0.15, 0.2) is 0 Å². The Balaban J connectivity index is 1.73. The molecule has 1 aromatic heterocycles. The first-order chi connectivity index (χ1) is 14.1. The molecule has 29 heavy (non-hydrogen) atoms. The zero-order chi connectivity index (χ0) is 20.2. The van der Waals surface area contributed by atoms with E-state index in [-0.39, 0.29) is 5.91 Å². The normalized spacial score (nSPS) is 11.1. The Morgan fingerprint density at radius 1 is 1.07 bits per heavy atom. The van der Waals surface area contributed by atoms with Crippen molar-refractivity contribution in [3.63, 3.8) is 0 Å². The molecule has 0 spiro atoms. The highest BCUT2D eigenvalue weighted by Gasteiger charge is 2.20. The van der Waals surface area contributed by atoms with Crippen LogP contribution in [0.15, 0.2) is 77.9 Å². The number of thiazole rings is 1. The lowest BCUT2D eigenvalue weighted by Crippen LogP contribution is -2.25. The maximum absolute atomic E-state index is 13.2. The van der Waals surface area contributed by atoms with Crippen molar-refractivity contribution < 1.29 is 9.53 Å². The molecule has 0 aliphatic rings. The topological polar surface area (TPSA) is 54.8 Å². The van der Waals surface area contributed by atoms with Crippen LogP contribution in [0, 0.1) is 6.92 Å². The predicted molar refractivity (Wildman–Crippen MR) is 118 cm³/mol. The summed E-state index contributed by atoms with van der Waals surface area (Å²) in [5.74, 6) is 0.534. The molecule has 6 heteroatoms. The van der Waals surface area contributed by atoms with Crippen molar-refractivity contribution in [1.82, 2.24) is 4.98 Å². The molecule has 0 atom stereocenters. The second-order valence-electron chi connectivity index (χ2n) is 6.47. The van der Waals surface area contributed by atoms with Crippen LogP contribution in [0.3, 0.4) is 0 Å². The molecule has 0 saturated carbocycles. The molecule has 0 saturated heterocycles. The van der Waals surface area contributed by atoms with E-state index in [1.54, 1.807) is 25.5 Å². The van der Waals surface area contributed by atoms with Gasteiger partial charge in [-0.25, -0.2) is 4.98 Å². The van der Waals surface area contributed by atoms with Crippen LogP contribution in [0.5, 0.6) is 5.75 Å². The number of methoxy groups -OCH3 is 1. The minimum absolute atomic E-state index is 0.230. The Bertz CT molecular complexity index is 1170. The van der Waals surface area contributed by atoms with E-state index >= 15 is 0 Å². The van der Waals surface area contributed by atoms with Gasteiger partial charge in [-0.1, -0.05) is 35.6 Å². The van der Waals surface area contributed by atoms with Crippen molar-refractivity contribution in [2.24, 2.45) is 5.10 Å². The molecule has 0 radical (unpaired) electrons. The van der Waals surface area contributed by atoms with Crippen LogP contribution < -0.4 is 9.75 Å². The van der Waals surface area contributed by atoms with E-state index < -0.39 is 0 Å². The molecule has 0 N–H and O–H groups in total. The second-order valence-corrected chi connectivity index (χ2v) is 7.48. The number of carbonyl (C=O) groups excluding carboxylic acids is 1. The third-order valence-corrected chi connectivity index (χ3v) is 5.36. The molecule has 1 amide bonds. The van der Waals surface area contributed by atoms with E-state index in [1.807, 2.05) is 61.5 Å². The predicted octanol–water partition coefficient (Wildman–Crippen LogP) is 5.29. The maximum Gasteiger partial charge on any atom is 0.280 e. The van der Waals surface area contributed by atoms with Gasteiger partial charge in [0.2, 0.25) is 5.13 Å². The number of carbonyl (C=O) groups is 1. The Kier molecular flexibility index (Phi) is 5.35. The van der Waals surface area contributed by atoms with Crippen molar-refractivity contribution in [3.05, 3.63) is 89.5 Å². The number of nitrogens with zero attached hydrogens (tertiary/aromatic N) is 3. The number of ether oxygens (including phenoxy) is 1. The van der Waals surface area contributed by atoms with Crippen LogP contribution in [0.4, 0.5) is 5.13 Å².